The quantitative estimate of drug-likeness (QED) is 0.375. The molecule has 3 aromatic rings. The van der Waals surface area contributed by atoms with E-state index in [9.17, 15) is 27.7 Å². The first-order valence-corrected chi connectivity index (χ1v) is 17.8. The van der Waals surface area contributed by atoms with Gasteiger partial charge in [0, 0.05) is 62.5 Å². The molecule has 0 radical (unpaired) electrons. The second-order valence-corrected chi connectivity index (χ2v) is 14.0. The fraction of sp³-hybridized carbons (Fsp3) is 0.400. The van der Waals surface area contributed by atoms with Gasteiger partial charge in [-0.25, -0.2) is 22.0 Å². The molecule has 49 heavy (non-hydrogen) atoms. The molecule has 2 fully saturated rings. The van der Waals surface area contributed by atoms with E-state index in [0.29, 0.717) is 29.5 Å². The molecule has 6 rings (SSSR count). The molecule has 1 unspecified atom stereocenters. The number of likely N-dealkylation sites (N-methyl/N-ethyl adjacent to an activating group) is 1. The summed E-state index contributed by atoms with van der Waals surface area (Å²) in [7, 11) is -5.01. The zero-order valence-electron chi connectivity index (χ0n) is 27.4. The van der Waals surface area contributed by atoms with Gasteiger partial charge in [0.25, 0.3) is 15.9 Å². The third-order valence-electron chi connectivity index (χ3n) is 9.67. The van der Waals surface area contributed by atoms with Crippen molar-refractivity contribution in [2.24, 2.45) is 0 Å². The van der Waals surface area contributed by atoms with Gasteiger partial charge in [-0.3, -0.25) is 9.69 Å². The summed E-state index contributed by atoms with van der Waals surface area (Å²) >= 11 is 0. The molecule has 0 aliphatic carbocycles. The highest BCUT2D eigenvalue weighted by Gasteiger charge is 2.59. The Morgan fingerprint density at radius 3 is 2.35 bits per heavy atom. The lowest BCUT2D eigenvalue weighted by atomic mass is 9.82. The topological polar surface area (TPSA) is 126 Å². The molecular weight excluding hydrogens is 654 g/mol. The summed E-state index contributed by atoms with van der Waals surface area (Å²) in [5.74, 6) is -3.32. The second-order valence-electron chi connectivity index (χ2n) is 12.3. The largest absolute Gasteiger partial charge is 0.493 e. The molecule has 3 aromatic carbocycles. The number of ether oxygens (including phenoxy) is 1. The number of carbonyl (C=O) groups excluding carboxylic acids is 2. The van der Waals surface area contributed by atoms with Gasteiger partial charge in [0.05, 0.1) is 23.9 Å². The molecule has 258 valence electrons. The number of amides is 3. The highest BCUT2D eigenvalue weighted by Crippen LogP contribution is 2.49. The Balaban J connectivity index is 1.42. The van der Waals surface area contributed by atoms with E-state index >= 15 is 4.39 Å². The Kier molecular flexibility index (Phi) is 9.61. The maximum absolute atomic E-state index is 15.1. The number of hydrogen-bond acceptors (Lipinski definition) is 8. The number of rotatable bonds is 8. The van der Waals surface area contributed by atoms with E-state index in [1.807, 2.05) is 6.07 Å². The van der Waals surface area contributed by atoms with Crippen LogP contribution in [0.5, 0.6) is 5.75 Å². The number of urea groups is 1. The highest BCUT2D eigenvalue weighted by molar-refractivity contribution is 7.93. The van der Waals surface area contributed by atoms with Gasteiger partial charge in [0.2, 0.25) is 0 Å². The normalized spacial score (nSPS) is 20.6. The van der Waals surface area contributed by atoms with Crippen molar-refractivity contribution in [3.63, 3.8) is 0 Å². The molecule has 3 heterocycles. The van der Waals surface area contributed by atoms with Gasteiger partial charge in [-0.05, 0) is 62.7 Å². The van der Waals surface area contributed by atoms with E-state index in [1.54, 1.807) is 36.1 Å². The van der Waals surface area contributed by atoms with Crippen molar-refractivity contribution in [2.45, 2.75) is 43.2 Å². The van der Waals surface area contributed by atoms with E-state index in [-0.39, 0.29) is 34.7 Å². The van der Waals surface area contributed by atoms with Crippen molar-refractivity contribution in [3.8, 4) is 11.8 Å². The second kappa shape index (κ2) is 13.7. The zero-order chi connectivity index (χ0) is 34.9. The molecule has 3 aliphatic heterocycles. The van der Waals surface area contributed by atoms with E-state index < -0.39 is 44.0 Å². The zero-order valence-corrected chi connectivity index (χ0v) is 28.2. The number of hydrogen-bond donors (Lipinski definition) is 1. The standard InChI is InChI=1S/C35H38F2N6O5S/c1-3-40-17-19-41(20-18-40)26-13-15-42(16-14-26)34(45)39-35(27-7-5-6-8-31(27)48-4-2)28-21-24(23-38)9-11-30(28)43(33(35)44)49(46,47)32-12-10-25(36)22-29(32)37/h5-12,21-22,26H,3-4,13-20H2,1-2H3,(H,39,45). The Bertz CT molecular complexity index is 1900. The van der Waals surface area contributed by atoms with Crippen molar-refractivity contribution >= 4 is 27.6 Å². The highest BCUT2D eigenvalue weighted by atomic mass is 32.2. The minimum atomic E-state index is -5.01. The van der Waals surface area contributed by atoms with Crippen LogP contribution in [0, 0.1) is 23.0 Å². The summed E-state index contributed by atoms with van der Waals surface area (Å²) in [6.45, 7) is 9.77. The number of para-hydroxylation sites is 1. The number of carbonyl (C=O) groups is 2. The summed E-state index contributed by atoms with van der Waals surface area (Å²) in [4.78, 5) is 34.7. The molecular formula is C35H38F2N6O5S. The molecule has 1 atom stereocenters. The van der Waals surface area contributed by atoms with Crippen LogP contribution in [0.1, 0.15) is 43.4 Å². The average Bonchev–Trinajstić information content (AvgIpc) is 3.36. The van der Waals surface area contributed by atoms with Gasteiger partial charge in [-0.1, -0.05) is 25.1 Å². The number of fused-ring (bicyclic) bond motifs is 1. The van der Waals surface area contributed by atoms with E-state index in [1.165, 1.54) is 18.2 Å². The fourth-order valence-electron chi connectivity index (χ4n) is 7.11. The van der Waals surface area contributed by atoms with Crippen LogP contribution in [-0.2, 0) is 20.4 Å². The number of halogens is 2. The predicted octanol–water partition coefficient (Wildman–Crippen LogP) is 4.03. The van der Waals surface area contributed by atoms with E-state index in [2.05, 4.69) is 22.0 Å². The maximum Gasteiger partial charge on any atom is 0.318 e. The molecule has 3 amide bonds. The van der Waals surface area contributed by atoms with Crippen LogP contribution >= 0.6 is 0 Å². The van der Waals surface area contributed by atoms with Crippen LogP contribution in [0.25, 0.3) is 0 Å². The van der Waals surface area contributed by atoms with Crippen LogP contribution in [0.3, 0.4) is 0 Å². The fourth-order valence-corrected chi connectivity index (χ4v) is 8.62. The lowest BCUT2D eigenvalue weighted by molar-refractivity contribution is -0.121. The van der Waals surface area contributed by atoms with E-state index in [4.69, 9.17) is 4.74 Å². The first-order valence-electron chi connectivity index (χ1n) is 16.4. The summed E-state index contributed by atoms with van der Waals surface area (Å²) in [6, 6.07) is 14.0. The van der Waals surface area contributed by atoms with Crippen molar-refractivity contribution in [2.75, 3.05) is 56.7 Å². The van der Waals surface area contributed by atoms with Crippen molar-refractivity contribution in [3.05, 3.63) is 89.0 Å². The Morgan fingerprint density at radius 1 is 0.980 bits per heavy atom. The minimum absolute atomic E-state index is 0.00757. The van der Waals surface area contributed by atoms with Crippen LogP contribution in [0.4, 0.5) is 19.3 Å². The maximum atomic E-state index is 15.1. The van der Waals surface area contributed by atoms with Gasteiger partial charge in [-0.15, -0.1) is 0 Å². The molecule has 1 N–H and O–H groups in total. The first-order chi connectivity index (χ1) is 23.5. The van der Waals surface area contributed by atoms with Gasteiger partial charge in [0.15, 0.2) is 5.54 Å². The summed E-state index contributed by atoms with van der Waals surface area (Å²) in [6.07, 6.45) is 1.44. The third kappa shape index (κ3) is 6.11. The molecule has 11 nitrogen and oxygen atoms in total. The van der Waals surface area contributed by atoms with Gasteiger partial charge in [0.1, 0.15) is 22.3 Å². The Morgan fingerprint density at radius 2 is 1.69 bits per heavy atom. The minimum Gasteiger partial charge on any atom is -0.493 e. The summed E-state index contributed by atoms with van der Waals surface area (Å²) < 4.78 is 63.5. The monoisotopic (exact) mass is 692 g/mol. The molecule has 0 bridgehead atoms. The first kappa shape index (κ1) is 34.3. The lowest BCUT2D eigenvalue weighted by Crippen LogP contribution is -2.59. The number of nitriles is 1. The number of nitrogens with zero attached hydrogens (tertiary/aromatic N) is 5. The number of piperazine rings is 1. The predicted molar refractivity (Wildman–Crippen MR) is 177 cm³/mol. The molecule has 14 heteroatoms. The van der Waals surface area contributed by atoms with E-state index in [0.717, 1.165) is 57.7 Å². The lowest BCUT2D eigenvalue weighted by Gasteiger charge is -2.43. The van der Waals surface area contributed by atoms with Crippen LogP contribution in [0.2, 0.25) is 0 Å². The van der Waals surface area contributed by atoms with Gasteiger partial charge >= 0.3 is 6.03 Å². The van der Waals surface area contributed by atoms with Crippen LogP contribution in [-0.4, -0.2) is 93.5 Å². The van der Waals surface area contributed by atoms with Crippen LogP contribution in [0.15, 0.2) is 65.6 Å². The Labute approximate surface area is 284 Å². The number of nitrogens with one attached hydrogen (secondary N) is 1. The SMILES string of the molecule is CCOc1ccccc1C1(NC(=O)N2CCC(N3CCN(CC)CC3)CC2)C(=O)N(S(=O)(=O)c2ccc(F)cc2F)c2ccc(C#N)cc21. The van der Waals surface area contributed by atoms with Gasteiger partial charge in [-0.2, -0.15) is 9.57 Å². The number of benzene rings is 3. The van der Waals surface area contributed by atoms with Gasteiger partial charge < -0.3 is 19.9 Å². The molecule has 2 saturated heterocycles. The van der Waals surface area contributed by atoms with Crippen LogP contribution < -0.4 is 14.4 Å². The number of anilines is 1. The number of likely N-dealkylation sites (tertiary alicyclic amines) is 1. The van der Waals surface area contributed by atoms with Crippen molar-refractivity contribution in [1.29, 1.82) is 5.26 Å². The molecule has 0 spiro atoms. The third-order valence-corrected chi connectivity index (χ3v) is 11.4. The smallest absolute Gasteiger partial charge is 0.318 e. The molecule has 0 saturated carbocycles. The number of piperidine rings is 1. The Hall–Kier alpha value is -4.58. The molecule has 3 aliphatic rings. The molecule has 0 aromatic heterocycles. The summed E-state index contributed by atoms with van der Waals surface area (Å²) in [5, 5.41) is 12.7. The summed E-state index contributed by atoms with van der Waals surface area (Å²) in [5.41, 5.74) is -2.18. The van der Waals surface area contributed by atoms with Crippen molar-refractivity contribution in [1.82, 2.24) is 20.0 Å². The average molecular weight is 693 g/mol. The number of sulfonamides is 1. The van der Waals surface area contributed by atoms with Crippen molar-refractivity contribution < 1.29 is 31.5 Å².